The van der Waals surface area contributed by atoms with Gasteiger partial charge in [0.1, 0.15) is 0 Å². The fourth-order valence-electron chi connectivity index (χ4n) is 6.50. The number of nitrogens with zero attached hydrogens (tertiary/aromatic N) is 1. The van der Waals surface area contributed by atoms with Gasteiger partial charge in [-0.3, -0.25) is 0 Å². The van der Waals surface area contributed by atoms with Crippen LogP contribution in [0.5, 0.6) is 0 Å². The lowest BCUT2D eigenvalue weighted by Crippen LogP contribution is -1.98. The maximum absolute atomic E-state index is 3.84. The van der Waals surface area contributed by atoms with Crippen molar-refractivity contribution in [2.24, 2.45) is 0 Å². The minimum absolute atomic E-state index is 1.04. The van der Waals surface area contributed by atoms with E-state index in [4.69, 9.17) is 0 Å². The van der Waals surface area contributed by atoms with Crippen LogP contribution in [0, 0.1) is 0 Å². The summed E-state index contributed by atoms with van der Waals surface area (Å²) in [4.78, 5) is 1.26. The molecule has 0 aliphatic heterocycles. The van der Waals surface area contributed by atoms with E-state index in [1.165, 1.54) is 60.2 Å². The van der Waals surface area contributed by atoms with Gasteiger partial charge in [0.25, 0.3) is 0 Å². The number of aromatic nitrogens is 1. The van der Waals surface area contributed by atoms with Crippen molar-refractivity contribution in [2.45, 2.75) is 24.7 Å². The molecule has 7 rings (SSSR count). The van der Waals surface area contributed by atoms with Crippen LogP contribution in [0.3, 0.4) is 0 Å². The Kier molecular flexibility index (Phi) is 8.81. The van der Waals surface area contributed by atoms with E-state index in [-0.39, 0.29) is 0 Å². The number of nitrogens with one attached hydrogen (secondary N) is 1. The molecular weight excluding hydrogens is 589 g/mol. The van der Waals surface area contributed by atoms with Crippen LogP contribution in [-0.4, -0.2) is 10.8 Å². The summed E-state index contributed by atoms with van der Waals surface area (Å²) < 4.78 is 2.45. The molecule has 230 valence electrons. The summed E-state index contributed by atoms with van der Waals surface area (Å²) in [6, 6.07) is 39.8. The van der Waals surface area contributed by atoms with Crippen molar-refractivity contribution in [3.8, 4) is 22.3 Å². The normalized spacial score (nSPS) is 13.4. The van der Waals surface area contributed by atoms with Crippen molar-refractivity contribution >= 4 is 56.2 Å². The molecular formula is C44H38N2S. The number of rotatable bonds is 9. The van der Waals surface area contributed by atoms with E-state index in [2.05, 4.69) is 163 Å². The van der Waals surface area contributed by atoms with Gasteiger partial charge in [-0.25, -0.2) is 0 Å². The van der Waals surface area contributed by atoms with Crippen molar-refractivity contribution in [3.05, 3.63) is 164 Å². The molecule has 47 heavy (non-hydrogen) atoms. The van der Waals surface area contributed by atoms with Gasteiger partial charge < -0.3 is 9.88 Å². The SMILES string of the molecule is C=C/C=C\C=C(/C)c1cc(-c2ccc3c(c2)c2ccccc2n3C2=CC=CCC2)ccc1Nc1cccc(-c2cccc(SC)c2)c1. The first-order chi connectivity index (χ1) is 23.1. The molecule has 2 nitrogen and oxygen atoms in total. The second kappa shape index (κ2) is 13.6. The smallest absolute Gasteiger partial charge is 0.0538 e. The summed E-state index contributed by atoms with van der Waals surface area (Å²) in [5.74, 6) is 0. The van der Waals surface area contributed by atoms with E-state index in [0.29, 0.717) is 0 Å². The zero-order chi connectivity index (χ0) is 32.2. The predicted molar refractivity (Wildman–Crippen MR) is 207 cm³/mol. The first kappa shape index (κ1) is 30.4. The maximum atomic E-state index is 3.84. The Morgan fingerprint density at radius 2 is 1.53 bits per heavy atom. The third-order valence-corrected chi connectivity index (χ3v) is 9.59. The van der Waals surface area contributed by atoms with Gasteiger partial charge in [0.2, 0.25) is 0 Å². The molecule has 1 aliphatic rings. The first-order valence-corrected chi connectivity index (χ1v) is 17.4. The molecule has 3 heteroatoms. The van der Waals surface area contributed by atoms with Gasteiger partial charge in [0, 0.05) is 38.3 Å². The lowest BCUT2D eigenvalue weighted by molar-refractivity contribution is 0.979. The highest BCUT2D eigenvalue weighted by Crippen LogP contribution is 2.38. The monoisotopic (exact) mass is 626 g/mol. The average Bonchev–Trinajstić information content (AvgIpc) is 3.46. The average molecular weight is 627 g/mol. The van der Waals surface area contributed by atoms with Crippen molar-refractivity contribution in [1.82, 2.24) is 4.57 Å². The molecule has 0 atom stereocenters. The summed E-state index contributed by atoms with van der Waals surface area (Å²) in [7, 11) is 0. The Labute approximate surface area is 282 Å². The van der Waals surface area contributed by atoms with Crippen LogP contribution in [0.1, 0.15) is 25.3 Å². The minimum atomic E-state index is 1.04. The molecule has 1 N–H and O–H groups in total. The maximum Gasteiger partial charge on any atom is 0.0538 e. The predicted octanol–water partition coefficient (Wildman–Crippen LogP) is 12.9. The Morgan fingerprint density at radius 1 is 0.766 bits per heavy atom. The highest BCUT2D eigenvalue weighted by Gasteiger charge is 2.16. The van der Waals surface area contributed by atoms with E-state index in [0.717, 1.165) is 29.8 Å². The summed E-state index contributed by atoms with van der Waals surface area (Å²) >= 11 is 1.77. The molecule has 0 radical (unpaired) electrons. The molecule has 0 saturated heterocycles. The largest absolute Gasteiger partial charge is 0.355 e. The van der Waals surface area contributed by atoms with E-state index < -0.39 is 0 Å². The summed E-state index contributed by atoms with van der Waals surface area (Å²) in [6.07, 6.45) is 18.9. The van der Waals surface area contributed by atoms with Crippen LogP contribution in [0.25, 0.3) is 55.3 Å². The number of allylic oxidation sites excluding steroid dienone is 9. The van der Waals surface area contributed by atoms with Crippen LogP contribution in [0.15, 0.2) is 163 Å². The lowest BCUT2D eigenvalue weighted by atomic mass is 9.96. The second-order valence-electron chi connectivity index (χ2n) is 11.9. The van der Waals surface area contributed by atoms with E-state index >= 15 is 0 Å². The number of benzene rings is 5. The Morgan fingerprint density at radius 3 is 2.36 bits per heavy atom. The van der Waals surface area contributed by atoms with Gasteiger partial charge in [-0.15, -0.1) is 11.8 Å². The van der Waals surface area contributed by atoms with E-state index in [1.807, 2.05) is 18.2 Å². The summed E-state index contributed by atoms with van der Waals surface area (Å²) in [5.41, 5.74) is 13.1. The zero-order valence-corrected chi connectivity index (χ0v) is 27.7. The third-order valence-electron chi connectivity index (χ3n) is 8.87. The van der Waals surface area contributed by atoms with Crippen molar-refractivity contribution in [2.75, 3.05) is 11.6 Å². The molecule has 0 unspecified atom stereocenters. The molecule has 0 amide bonds. The molecule has 1 aromatic heterocycles. The number of anilines is 2. The van der Waals surface area contributed by atoms with Crippen LogP contribution in [0.2, 0.25) is 0 Å². The lowest BCUT2D eigenvalue weighted by Gasteiger charge is -2.16. The number of hydrogen-bond donors (Lipinski definition) is 1. The highest BCUT2D eigenvalue weighted by molar-refractivity contribution is 7.98. The van der Waals surface area contributed by atoms with Gasteiger partial charge >= 0.3 is 0 Å². The molecule has 0 bridgehead atoms. The zero-order valence-electron chi connectivity index (χ0n) is 26.9. The molecule has 0 saturated carbocycles. The summed E-state index contributed by atoms with van der Waals surface area (Å²) in [6.45, 7) is 6.01. The third kappa shape index (κ3) is 6.27. The molecule has 0 spiro atoms. The Bertz CT molecular complexity index is 2240. The quantitative estimate of drug-likeness (QED) is 0.127. The van der Waals surface area contributed by atoms with Gasteiger partial charge in [-0.05, 0) is 115 Å². The standard InChI is InChI=1S/C44H38N2S/c1-4-5-7-14-31(2)40-29-34(23-25-42(40)45-36-17-12-15-32(27-36)33-16-13-20-38(28-33)47-3)35-24-26-44-41(30-35)39-21-10-11-22-43(39)46(44)37-18-8-6-9-19-37/h4-8,10-18,20-30,45H,1,9,19H2,2-3H3/b7-5-,31-14+. The van der Waals surface area contributed by atoms with Gasteiger partial charge in [0.15, 0.2) is 0 Å². The minimum Gasteiger partial charge on any atom is -0.355 e. The van der Waals surface area contributed by atoms with Crippen LogP contribution >= 0.6 is 11.8 Å². The first-order valence-electron chi connectivity index (χ1n) is 16.1. The second-order valence-corrected chi connectivity index (χ2v) is 12.8. The topological polar surface area (TPSA) is 17.0 Å². The molecule has 0 fully saturated rings. The van der Waals surface area contributed by atoms with Crippen molar-refractivity contribution in [3.63, 3.8) is 0 Å². The van der Waals surface area contributed by atoms with E-state index in [9.17, 15) is 0 Å². The fraction of sp³-hybridized carbons (Fsp3) is 0.0909. The number of thioether (sulfide) groups is 1. The van der Waals surface area contributed by atoms with Gasteiger partial charge in [-0.1, -0.05) is 97.6 Å². The number of fused-ring (bicyclic) bond motifs is 3. The van der Waals surface area contributed by atoms with E-state index in [1.54, 1.807) is 11.8 Å². The van der Waals surface area contributed by atoms with Crippen LogP contribution in [-0.2, 0) is 0 Å². The Balaban J connectivity index is 1.30. The number of hydrogen-bond acceptors (Lipinski definition) is 2. The molecule has 1 aliphatic carbocycles. The van der Waals surface area contributed by atoms with Crippen LogP contribution in [0.4, 0.5) is 11.4 Å². The number of para-hydroxylation sites is 1. The molecule has 5 aromatic carbocycles. The van der Waals surface area contributed by atoms with Crippen LogP contribution < -0.4 is 5.32 Å². The van der Waals surface area contributed by atoms with Gasteiger partial charge in [0.05, 0.1) is 11.0 Å². The summed E-state index contributed by atoms with van der Waals surface area (Å²) in [5, 5.41) is 6.31. The molecule has 1 heterocycles. The molecule has 6 aromatic rings. The fourth-order valence-corrected chi connectivity index (χ4v) is 6.96. The highest BCUT2D eigenvalue weighted by atomic mass is 32.2. The van der Waals surface area contributed by atoms with Gasteiger partial charge in [-0.2, -0.15) is 0 Å². The van der Waals surface area contributed by atoms with Crippen molar-refractivity contribution < 1.29 is 0 Å². The van der Waals surface area contributed by atoms with Crippen molar-refractivity contribution in [1.29, 1.82) is 0 Å². The Hall–Kier alpha value is -5.25.